The third-order valence-electron chi connectivity index (χ3n) is 11.5. The SMILES string of the molecule is c1ccc(-c2ccc(N(c3cccc4c3-c3ccccc3[C@]43C[C@H]4CC[C@@H]3C4)c3cc4ccccc4c4ccccc34)cc2)cc1. The molecule has 1 heteroatoms. The molecule has 0 saturated heterocycles. The number of rotatable bonds is 4. The van der Waals surface area contributed by atoms with Gasteiger partial charge in [0.2, 0.25) is 0 Å². The summed E-state index contributed by atoms with van der Waals surface area (Å²) in [4.78, 5) is 2.56. The minimum atomic E-state index is 0.138. The maximum absolute atomic E-state index is 2.56. The largest absolute Gasteiger partial charge is 0.309 e. The van der Waals surface area contributed by atoms with Crippen LogP contribution in [0.1, 0.15) is 36.8 Å². The molecule has 7 aromatic rings. The van der Waals surface area contributed by atoms with Crippen LogP contribution in [0, 0.1) is 11.8 Å². The fraction of sp³-hybridized carbons (Fsp3) is 0.156. The van der Waals surface area contributed by atoms with E-state index in [1.54, 1.807) is 11.1 Å². The minimum absolute atomic E-state index is 0.138. The molecule has 2 saturated carbocycles. The van der Waals surface area contributed by atoms with Gasteiger partial charge in [-0.05, 0) is 99.3 Å². The van der Waals surface area contributed by atoms with Gasteiger partial charge in [-0.1, -0.05) is 134 Å². The van der Waals surface area contributed by atoms with E-state index >= 15 is 0 Å². The number of hydrogen-bond donors (Lipinski definition) is 0. The second kappa shape index (κ2) is 9.93. The number of fused-ring (bicyclic) bond motifs is 11. The Hall–Kier alpha value is -5.14. The molecule has 3 atom stereocenters. The Labute approximate surface area is 270 Å². The average Bonchev–Trinajstić information content (AvgIpc) is 3.82. The molecule has 0 amide bonds. The maximum atomic E-state index is 2.56. The van der Waals surface area contributed by atoms with Crippen molar-refractivity contribution in [1.82, 2.24) is 0 Å². The molecular formula is C45H35N. The van der Waals surface area contributed by atoms with Crippen molar-refractivity contribution in [3.05, 3.63) is 163 Å². The molecule has 2 fully saturated rings. The van der Waals surface area contributed by atoms with Crippen molar-refractivity contribution < 1.29 is 0 Å². The Morgan fingerprint density at radius 1 is 0.522 bits per heavy atom. The van der Waals surface area contributed by atoms with Crippen LogP contribution in [-0.4, -0.2) is 0 Å². The van der Waals surface area contributed by atoms with Gasteiger partial charge < -0.3 is 4.90 Å². The summed E-state index contributed by atoms with van der Waals surface area (Å²) < 4.78 is 0. The summed E-state index contributed by atoms with van der Waals surface area (Å²) in [5, 5.41) is 5.12. The first-order valence-electron chi connectivity index (χ1n) is 16.9. The monoisotopic (exact) mass is 589 g/mol. The van der Waals surface area contributed by atoms with Crippen LogP contribution in [-0.2, 0) is 5.41 Å². The van der Waals surface area contributed by atoms with Crippen molar-refractivity contribution in [1.29, 1.82) is 0 Å². The van der Waals surface area contributed by atoms with Crippen molar-refractivity contribution in [3.8, 4) is 22.3 Å². The second-order valence-electron chi connectivity index (χ2n) is 13.7. The second-order valence-corrected chi connectivity index (χ2v) is 13.7. The molecule has 0 radical (unpaired) electrons. The number of benzene rings is 7. The molecular weight excluding hydrogens is 555 g/mol. The molecule has 3 aliphatic carbocycles. The predicted molar refractivity (Wildman–Crippen MR) is 193 cm³/mol. The quantitative estimate of drug-likeness (QED) is 0.185. The average molecular weight is 590 g/mol. The zero-order valence-corrected chi connectivity index (χ0v) is 25.9. The number of hydrogen-bond acceptors (Lipinski definition) is 1. The Kier molecular flexibility index (Phi) is 5.64. The maximum Gasteiger partial charge on any atom is 0.0546 e. The first-order valence-corrected chi connectivity index (χ1v) is 16.9. The summed E-state index contributed by atoms with van der Waals surface area (Å²) in [6.07, 6.45) is 5.41. The van der Waals surface area contributed by atoms with E-state index in [9.17, 15) is 0 Å². The van der Waals surface area contributed by atoms with Crippen LogP contribution < -0.4 is 4.90 Å². The van der Waals surface area contributed by atoms with Crippen LogP contribution in [0.5, 0.6) is 0 Å². The summed E-state index contributed by atoms with van der Waals surface area (Å²) in [5.41, 5.74) is 12.3. The van der Waals surface area contributed by atoms with Gasteiger partial charge in [0.15, 0.2) is 0 Å². The van der Waals surface area contributed by atoms with E-state index in [0.717, 1.165) is 11.8 Å². The summed E-state index contributed by atoms with van der Waals surface area (Å²) >= 11 is 0. The predicted octanol–water partition coefficient (Wildman–Crippen LogP) is 12.2. The molecule has 0 N–H and O–H groups in total. The van der Waals surface area contributed by atoms with Crippen molar-refractivity contribution >= 4 is 38.6 Å². The molecule has 2 bridgehead atoms. The standard InChI is InChI=1S/C45H35N/c1-2-11-31(12-3-1)32-22-25-35(26-23-32)46(43-28-33-13-4-5-14-36(33)37-15-6-7-16-38(37)43)42-20-10-19-41-44(42)39-17-8-9-18-40(39)45(41)29-30-21-24-34(45)27-30/h1-20,22-23,25-26,28,30,34H,21,24,27,29H2/t30-,34+,45+/m0/s1. The Balaban J connectivity index is 1.26. The van der Waals surface area contributed by atoms with E-state index in [1.807, 2.05) is 0 Å². The fourth-order valence-corrected chi connectivity index (χ4v) is 9.67. The van der Waals surface area contributed by atoms with Crippen LogP contribution in [0.2, 0.25) is 0 Å². The lowest BCUT2D eigenvalue weighted by molar-refractivity contribution is 0.327. The van der Waals surface area contributed by atoms with Crippen LogP contribution in [0.15, 0.2) is 152 Å². The van der Waals surface area contributed by atoms with Crippen molar-refractivity contribution in [3.63, 3.8) is 0 Å². The molecule has 46 heavy (non-hydrogen) atoms. The lowest BCUT2D eigenvalue weighted by atomic mass is 9.67. The molecule has 10 rings (SSSR count). The van der Waals surface area contributed by atoms with Crippen molar-refractivity contribution in [2.45, 2.75) is 31.1 Å². The smallest absolute Gasteiger partial charge is 0.0546 e. The lowest BCUT2D eigenvalue weighted by Crippen LogP contribution is -2.31. The van der Waals surface area contributed by atoms with E-state index in [0.29, 0.717) is 0 Å². The highest BCUT2D eigenvalue weighted by molar-refractivity contribution is 6.15. The molecule has 1 spiro atoms. The van der Waals surface area contributed by atoms with Crippen molar-refractivity contribution in [2.24, 2.45) is 11.8 Å². The van der Waals surface area contributed by atoms with Gasteiger partial charge in [-0.15, -0.1) is 0 Å². The Morgan fingerprint density at radius 2 is 1.22 bits per heavy atom. The zero-order chi connectivity index (χ0) is 30.2. The zero-order valence-electron chi connectivity index (χ0n) is 25.9. The first-order chi connectivity index (χ1) is 22.8. The van der Waals surface area contributed by atoms with Gasteiger partial charge in [0.25, 0.3) is 0 Å². The van der Waals surface area contributed by atoms with Gasteiger partial charge in [-0.3, -0.25) is 0 Å². The highest BCUT2D eigenvalue weighted by Gasteiger charge is 2.57. The van der Waals surface area contributed by atoms with E-state index in [4.69, 9.17) is 0 Å². The highest BCUT2D eigenvalue weighted by Crippen LogP contribution is 2.67. The molecule has 0 aliphatic heterocycles. The summed E-state index contributed by atoms with van der Waals surface area (Å²) in [7, 11) is 0. The van der Waals surface area contributed by atoms with Gasteiger partial charge in [-0.25, -0.2) is 0 Å². The number of anilines is 3. The number of nitrogens with zero attached hydrogens (tertiary/aromatic N) is 1. The van der Waals surface area contributed by atoms with E-state index in [1.165, 1.54) is 86.5 Å². The molecule has 0 aromatic heterocycles. The van der Waals surface area contributed by atoms with Gasteiger partial charge in [0, 0.05) is 22.1 Å². The van der Waals surface area contributed by atoms with Crippen LogP contribution >= 0.6 is 0 Å². The molecule has 0 unspecified atom stereocenters. The highest BCUT2D eigenvalue weighted by atomic mass is 15.1. The van der Waals surface area contributed by atoms with Crippen LogP contribution in [0.25, 0.3) is 43.8 Å². The third kappa shape index (κ3) is 3.63. The third-order valence-corrected chi connectivity index (χ3v) is 11.5. The van der Waals surface area contributed by atoms with Gasteiger partial charge in [-0.2, -0.15) is 0 Å². The first kappa shape index (κ1) is 26.1. The van der Waals surface area contributed by atoms with E-state index in [2.05, 4.69) is 157 Å². The molecule has 0 heterocycles. The minimum Gasteiger partial charge on any atom is -0.309 e. The van der Waals surface area contributed by atoms with Gasteiger partial charge in [0.05, 0.1) is 11.4 Å². The van der Waals surface area contributed by atoms with Gasteiger partial charge >= 0.3 is 0 Å². The van der Waals surface area contributed by atoms with Crippen LogP contribution in [0.4, 0.5) is 17.1 Å². The molecule has 7 aromatic carbocycles. The summed E-state index contributed by atoms with van der Waals surface area (Å²) in [6.45, 7) is 0. The van der Waals surface area contributed by atoms with E-state index in [-0.39, 0.29) is 5.41 Å². The molecule has 3 aliphatic rings. The fourth-order valence-electron chi connectivity index (χ4n) is 9.67. The Bertz CT molecular complexity index is 2280. The lowest BCUT2D eigenvalue weighted by Gasteiger charge is -2.37. The van der Waals surface area contributed by atoms with Crippen molar-refractivity contribution in [2.75, 3.05) is 4.90 Å². The van der Waals surface area contributed by atoms with Gasteiger partial charge in [0.1, 0.15) is 0 Å². The summed E-state index contributed by atoms with van der Waals surface area (Å²) in [5.74, 6) is 1.58. The van der Waals surface area contributed by atoms with Crippen LogP contribution in [0.3, 0.4) is 0 Å². The summed E-state index contributed by atoms with van der Waals surface area (Å²) in [6, 6.07) is 56.7. The molecule has 220 valence electrons. The van der Waals surface area contributed by atoms with E-state index < -0.39 is 0 Å². The normalized spacial score (nSPS) is 20.8. The topological polar surface area (TPSA) is 3.24 Å². The Morgan fingerprint density at radius 3 is 2.02 bits per heavy atom. The molecule has 1 nitrogen and oxygen atoms in total.